The molecule has 1 atom stereocenters. The first-order valence-corrected chi connectivity index (χ1v) is 8.27. The number of para-hydroxylation sites is 1. The zero-order valence-corrected chi connectivity index (χ0v) is 12.6. The Bertz CT molecular complexity index is 739. The molecule has 0 aliphatic carbocycles. The van der Waals surface area contributed by atoms with Crippen molar-refractivity contribution >= 4 is 21.6 Å². The molecule has 0 bridgehead atoms. The maximum Gasteiger partial charge on any atom is 0.243 e. The largest absolute Gasteiger partial charge is 0.488 e. The van der Waals surface area contributed by atoms with E-state index in [1.54, 1.807) is 0 Å². The van der Waals surface area contributed by atoms with Gasteiger partial charge in [-0.15, -0.1) is 0 Å². The Morgan fingerprint density at radius 1 is 1.29 bits per heavy atom. The van der Waals surface area contributed by atoms with Crippen LogP contribution in [0.25, 0.3) is 0 Å². The van der Waals surface area contributed by atoms with Gasteiger partial charge in [0.1, 0.15) is 21.9 Å². The summed E-state index contributed by atoms with van der Waals surface area (Å²) < 4.78 is 32.6. The van der Waals surface area contributed by atoms with Gasteiger partial charge in [0.05, 0.1) is 0 Å². The summed E-state index contributed by atoms with van der Waals surface area (Å²) in [5.41, 5.74) is 1.08. The van der Waals surface area contributed by atoms with Crippen LogP contribution in [-0.2, 0) is 16.4 Å². The number of hydrogen-bond acceptors (Lipinski definition) is 4. The zero-order chi connectivity index (χ0) is 14.9. The van der Waals surface area contributed by atoms with E-state index in [9.17, 15) is 8.42 Å². The van der Waals surface area contributed by atoms with E-state index < -0.39 is 10.0 Å². The smallest absolute Gasteiger partial charge is 0.243 e. The molecule has 7 heteroatoms. The van der Waals surface area contributed by atoms with Gasteiger partial charge in [-0.2, -0.15) is 0 Å². The molecule has 0 saturated heterocycles. The number of nitrogens with one attached hydrogen (secondary N) is 1. The van der Waals surface area contributed by atoms with Crippen LogP contribution in [0.15, 0.2) is 47.5 Å². The van der Waals surface area contributed by atoms with E-state index in [2.05, 4.69) is 9.71 Å². The fourth-order valence-electron chi connectivity index (χ4n) is 2.22. The van der Waals surface area contributed by atoms with Gasteiger partial charge in [0.25, 0.3) is 0 Å². The summed E-state index contributed by atoms with van der Waals surface area (Å²) in [6, 6.07) is 10.6. The molecule has 1 N–H and O–H groups in total. The van der Waals surface area contributed by atoms with Crippen LogP contribution in [0.1, 0.15) is 5.56 Å². The van der Waals surface area contributed by atoms with Crippen LogP contribution in [0.5, 0.6) is 5.75 Å². The molecule has 110 valence electrons. The van der Waals surface area contributed by atoms with Crippen LogP contribution in [0.2, 0.25) is 5.15 Å². The fourth-order valence-corrected chi connectivity index (χ4v) is 3.74. The average molecular weight is 325 g/mol. The van der Waals surface area contributed by atoms with Gasteiger partial charge in [-0.1, -0.05) is 29.8 Å². The van der Waals surface area contributed by atoms with E-state index in [-0.39, 0.29) is 22.7 Å². The molecule has 0 saturated carbocycles. The summed E-state index contributed by atoms with van der Waals surface area (Å²) in [4.78, 5) is 3.75. The van der Waals surface area contributed by atoms with Crippen LogP contribution < -0.4 is 9.46 Å². The third-order valence-corrected chi connectivity index (χ3v) is 5.10. The van der Waals surface area contributed by atoms with Crippen molar-refractivity contribution < 1.29 is 13.2 Å². The second kappa shape index (κ2) is 5.63. The van der Waals surface area contributed by atoms with Crippen LogP contribution in [0, 0.1) is 0 Å². The van der Waals surface area contributed by atoms with Crippen molar-refractivity contribution in [3.05, 3.63) is 53.3 Å². The minimum absolute atomic E-state index is 0.0258. The highest BCUT2D eigenvalue weighted by atomic mass is 35.5. The van der Waals surface area contributed by atoms with Crippen molar-refractivity contribution in [3.63, 3.8) is 0 Å². The average Bonchev–Trinajstić information content (AvgIpc) is 2.88. The van der Waals surface area contributed by atoms with Gasteiger partial charge in [0.2, 0.25) is 10.0 Å². The van der Waals surface area contributed by atoms with Crippen molar-refractivity contribution in [1.29, 1.82) is 0 Å². The third-order valence-electron chi connectivity index (χ3n) is 3.23. The molecule has 0 fully saturated rings. The molecule has 0 amide bonds. The SMILES string of the molecule is O=S(=O)(NCC1Cc2ccccc2O1)c1cccnc1Cl. The zero-order valence-electron chi connectivity index (χ0n) is 11.0. The summed E-state index contributed by atoms with van der Waals surface area (Å²) in [5.74, 6) is 0.807. The highest BCUT2D eigenvalue weighted by Crippen LogP contribution is 2.28. The summed E-state index contributed by atoms with van der Waals surface area (Å²) >= 11 is 5.82. The molecule has 2 aromatic rings. The molecule has 3 rings (SSSR count). The number of ether oxygens (including phenoxy) is 1. The maximum absolute atomic E-state index is 12.2. The summed E-state index contributed by atoms with van der Waals surface area (Å²) in [7, 11) is -3.69. The van der Waals surface area contributed by atoms with Gasteiger partial charge in [-0.3, -0.25) is 0 Å². The second-order valence-electron chi connectivity index (χ2n) is 4.70. The predicted octanol–water partition coefficient (Wildman–Crippen LogP) is 2.02. The number of halogens is 1. The number of sulfonamides is 1. The van der Waals surface area contributed by atoms with Crippen LogP contribution in [0.3, 0.4) is 0 Å². The van der Waals surface area contributed by atoms with Crippen molar-refractivity contribution in [1.82, 2.24) is 9.71 Å². The van der Waals surface area contributed by atoms with Gasteiger partial charge in [-0.25, -0.2) is 18.1 Å². The first kappa shape index (κ1) is 14.3. The van der Waals surface area contributed by atoms with E-state index >= 15 is 0 Å². The normalized spacial score (nSPS) is 17.3. The Morgan fingerprint density at radius 3 is 2.86 bits per heavy atom. The summed E-state index contributed by atoms with van der Waals surface area (Å²) in [6.07, 6.45) is 1.91. The lowest BCUT2D eigenvalue weighted by molar-refractivity contribution is 0.236. The van der Waals surface area contributed by atoms with Crippen molar-refractivity contribution in [2.75, 3.05) is 6.54 Å². The molecule has 1 unspecified atom stereocenters. The summed E-state index contributed by atoms with van der Waals surface area (Å²) in [5, 5.41) is -0.0411. The Balaban J connectivity index is 1.68. The molecule has 21 heavy (non-hydrogen) atoms. The van der Waals surface area contributed by atoms with Crippen LogP contribution >= 0.6 is 11.6 Å². The standard InChI is InChI=1S/C14H13ClN2O3S/c15-14-13(6-3-7-16-14)21(18,19)17-9-11-8-10-4-1-2-5-12(10)20-11/h1-7,11,17H,8-9H2. The Labute approximate surface area is 128 Å². The number of pyridine rings is 1. The van der Waals surface area contributed by atoms with Crippen LogP contribution in [0.4, 0.5) is 0 Å². The van der Waals surface area contributed by atoms with E-state index in [0.29, 0.717) is 6.42 Å². The van der Waals surface area contributed by atoms with Crippen molar-refractivity contribution in [2.45, 2.75) is 17.4 Å². The van der Waals surface area contributed by atoms with Gasteiger partial charge >= 0.3 is 0 Å². The number of nitrogens with zero attached hydrogens (tertiary/aromatic N) is 1. The summed E-state index contributed by atoms with van der Waals surface area (Å²) in [6.45, 7) is 0.183. The molecular formula is C14H13ClN2O3S. The highest BCUT2D eigenvalue weighted by molar-refractivity contribution is 7.89. The second-order valence-corrected chi connectivity index (χ2v) is 6.79. The van der Waals surface area contributed by atoms with Gasteiger partial charge in [0, 0.05) is 19.2 Å². The predicted molar refractivity (Wildman–Crippen MR) is 79.0 cm³/mol. The number of rotatable bonds is 4. The van der Waals surface area contributed by atoms with Crippen molar-refractivity contribution in [3.8, 4) is 5.75 Å². The Morgan fingerprint density at radius 2 is 2.10 bits per heavy atom. The monoisotopic (exact) mass is 324 g/mol. The minimum Gasteiger partial charge on any atom is -0.488 e. The highest BCUT2D eigenvalue weighted by Gasteiger charge is 2.25. The lowest BCUT2D eigenvalue weighted by atomic mass is 10.1. The Kier molecular flexibility index (Phi) is 3.84. The van der Waals surface area contributed by atoms with E-state index in [1.165, 1.54) is 18.3 Å². The first-order chi connectivity index (χ1) is 10.1. The molecule has 0 spiro atoms. The van der Waals surface area contributed by atoms with Gasteiger partial charge in [-0.05, 0) is 23.8 Å². The molecule has 1 aromatic carbocycles. The number of hydrogen-bond donors (Lipinski definition) is 1. The number of fused-ring (bicyclic) bond motifs is 1. The van der Waals surface area contributed by atoms with E-state index in [0.717, 1.165) is 11.3 Å². The van der Waals surface area contributed by atoms with Gasteiger partial charge in [0.15, 0.2) is 0 Å². The molecule has 2 heterocycles. The number of aromatic nitrogens is 1. The third kappa shape index (κ3) is 3.02. The lowest BCUT2D eigenvalue weighted by Crippen LogP contribution is -2.34. The molecule has 0 radical (unpaired) electrons. The molecule has 5 nitrogen and oxygen atoms in total. The molecule has 1 aromatic heterocycles. The quantitative estimate of drug-likeness (QED) is 0.874. The van der Waals surface area contributed by atoms with Crippen LogP contribution in [-0.4, -0.2) is 26.1 Å². The molecule has 1 aliphatic heterocycles. The Hall–Kier alpha value is -1.63. The minimum atomic E-state index is -3.69. The molecule has 1 aliphatic rings. The lowest BCUT2D eigenvalue weighted by Gasteiger charge is -2.12. The molecular weight excluding hydrogens is 312 g/mol. The van der Waals surface area contributed by atoms with Gasteiger partial charge < -0.3 is 4.74 Å². The maximum atomic E-state index is 12.2. The van der Waals surface area contributed by atoms with Crippen molar-refractivity contribution in [2.24, 2.45) is 0 Å². The van der Waals surface area contributed by atoms with E-state index in [4.69, 9.17) is 16.3 Å². The fraction of sp³-hybridized carbons (Fsp3) is 0.214. The first-order valence-electron chi connectivity index (χ1n) is 6.41. The van der Waals surface area contributed by atoms with E-state index in [1.807, 2.05) is 24.3 Å². The topological polar surface area (TPSA) is 68.3 Å². The number of benzene rings is 1.